The molecule has 1 unspecified atom stereocenters. The zero-order valence-electron chi connectivity index (χ0n) is 18.1. The Morgan fingerprint density at radius 3 is 2.12 bits per heavy atom. The number of carbonyl (C=O) groups is 1. The maximum Gasteiger partial charge on any atom is 0.233 e. The molecule has 0 aliphatic carbocycles. The molecule has 1 amide bonds. The quantitative estimate of drug-likeness (QED) is 0.433. The highest BCUT2D eigenvalue weighted by atomic mass is 32.2. The second kappa shape index (κ2) is 11.1. The number of nitrogens with zero attached hydrogens (tertiary/aromatic N) is 1. The molecule has 1 aliphatic heterocycles. The monoisotopic (exact) mass is 449 g/mol. The third kappa shape index (κ3) is 5.64. The van der Waals surface area contributed by atoms with Crippen LogP contribution in [0.5, 0.6) is 11.5 Å². The van der Waals surface area contributed by atoms with Gasteiger partial charge < -0.3 is 19.1 Å². The van der Waals surface area contributed by atoms with E-state index in [-0.39, 0.29) is 11.3 Å². The number of rotatable bonds is 10. The van der Waals surface area contributed by atoms with Crippen LogP contribution in [0.2, 0.25) is 0 Å². The maximum atomic E-state index is 12.4. The summed E-state index contributed by atoms with van der Waals surface area (Å²) in [5.41, 5.74) is 3.19. The van der Waals surface area contributed by atoms with E-state index in [1.807, 2.05) is 83.8 Å². The van der Waals surface area contributed by atoms with Crippen molar-refractivity contribution < 1.29 is 19.0 Å². The number of thioether (sulfide) groups is 1. The third-order valence-corrected chi connectivity index (χ3v) is 6.49. The summed E-state index contributed by atoms with van der Waals surface area (Å²) < 4.78 is 17.5. The predicted molar refractivity (Wildman–Crippen MR) is 127 cm³/mol. The van der Waals surface area contributed by atoms with Crippen molar-refractivity contribution in [3.63, 3.8) is 0 Å². The first-order chi connectivity index (χ1) is 15.7. The van der Waals surface area contributed by atoms with Crippen LogP contribution in [0.25, 0.3) is 0 Å². The van der Waals surface area contributed by atoms with Gasteiger partial charge in [-0.2, -0.15) is 0 Å². The molecule has 1 fully saturated rings. The van der Waals surface area contributed by atoms with Gasteiger partial charge in [-0.1, -0.05) is 66.7 Å². The molecule has 0 bridgehead atoms. The molecule has 1 saturated heterocycles. The lowest BCUT2D eigenvalue weighted by molar-refractivity contribution is -0.128. The van der Waals surface area contributed by atoms with Crippen molar-refractivity contribution in [1.82, 2.24) is 4.90 Å². The summed E-state index contributed by atoms with van der Waals surface area (Å²) in [4.78, 5) is 14.2. The lowest BCUT2D eigenvalue weighted by atomic mass is 10.1. The van der Waals surface area contributed by atoms with E-state index in [1.165, 1.54) is 0 Å². The fraction of sp³-hybridized carbons (Fsp3) is 0.269. The van der Waals surface area contributed by atoms with E-state index in [1.54, 1.807) is 18.9 Å². The molecule has 0 radical (unpaired) electrons. The summed E-state index contributed by atoms with van der Waals surface area (Å²) in [5, 5.41) is -0.0556. The Bertz CT molecular complexity index is 1010. The van der Waals surface area contributed by atoms with Gasteiger partial charge in [0, 0.05) is 13.7 Å². The molecule has 166 valence electrons. The average Bonchev–Trinajstić information content (AvgIpc) is 3.21. The van der Waals surface area contributed by atoms with Gasteiger partial charge in [-0.25, -0.2) is 0 Å². The number of hydrogen-bond acceptors (Lipinski definition) is 5. The number of hydrogen-bond donors (Lipinski definition) is 0. The van der Waals surface area contributed by atoms with Crippen molar-refractivity contribution in [2.75, 3.05) is 26.0 Å². The molecule has 1 aliphatic rings. The van der Waals surface area contributed by atoms with Crippen LogP contribution >= 0.6 is 11.8 Å². The van der Waals surface area contributed by atoms with Crippen molar-refractivity contribution in [3.05, 3.63) is 95.6 Å². The van der Waals surface area contributed by atoms with Crippen molar-refractivity contribution in [2.24, 2.45) is 0 Å². The second-order valence-electron chi connectivity index (χ2n) is 7.50. The van der Waals surface area contributed by atoms with E-state index in [0.717, 1.165) is 16.7 Å². The Morgan fingerprint density at radius 2 is 1.50 bits per heavy atom. The normalized spacial score (nSPS) is 15.7. The van der Waals surface area contributed by atoms with E-state index in [4.69, 9.17) is 14.2 Å². The molecular formula is C26H27NO4S. The Morgan fingerprint density at radius 1 is 0.875 bits per heavy atom. The number of amides is 1. The molecule has 0 saturated carbocycles. The average molecular weight is 450 g/mol. The van der Waals surface area contributed by atoms with Crippen molar-refractivity contribution >= 4 is 17.7 Å². The third-order valence-electron chi connectivity index (χ3n) is 5.23. The fourth-order valence-electron chi connectivity index (χ4n) is 3.54. The largest absolute Gasteiger partial charge is 0.485 e. The first-order valence-electron chi connectivity index (χ1n) is 10.6. The van der Waals surface area contributed by atoms with E-state index in [2.05, 4.69) is 0 Å². The first-order valence-corrected chi connectivity index (χ1v) is 11.7. The van der Waals surface area contributed by atoms with Crippen LogP contribution in [-0.4, -0.2) is 36.8 Å². The van der Waals surface area contributed by atoms with Gasteiger partial charge in [0.1, 0.15) is 18.6 Å². The van der Waals surface area contributed by atoms with Gasteiger partial charge in [0.05, 0.1) is 12.4 Å². The van der Waals surface area contributed by atoms with Crippen molar-refractivity contribution in [1.29, 1.82) is 0 Å². The maximum absolute atomic E-state index is 12.4. The summed E-state index contributed by atoms with van der Waals surface area (Å²) in [7, 11) is 1.65. The smallest absolute Gasteiger partial charge is 0.233 e. The van der Waals surface area contributed by atoms with Crippen LogP contribution in [0.3, 0.4) is 0 Å². The lowest BCUT2D eigenvalue weighted by Gasteiger charge is -2.25. The molecule has 0 spiro atoms. The van der Waals surface area contributed by atoms with Gasteiger partial charge >= 0.3 is 0 Å². The molecule has 5 nitrogen and oxygen atoms in total. The molecule has 6 heteroatoms. The topological polar surface area (TPSA) is 48.0 Å². The van der Waals surface area contributed by atoms with Crippen LogP contribution in [0.1, 0.15) is 22.1 Å². The highest BCUT2D eigenvalue weighted by molar-refractivity contribution is 8.00. The van der Waals surface area contributed by atoms with Crippen LogP contribution in [0.4, 0.5) is 0 Å². The summed E-state index contributed by atoms with van der Waals surface area (Å²) in [6.45, 7) is 1.98. The Labute approximate surface area is 193 Å². The summed E-state index contributed by atoms with van der Waals surface area (Å²) in [6.07, 6.45) is 0. The molecule has 3 aromatic rings. The molecule has 0 aromatic heterocycles. The zero-order chi connectivity index (χ0) is 22.2. The van der Waals surface area contributed by atoms with Crippen LogP contribution in [0.15, 0.2) is 78.9 Å². The van der Waals surface area contributed by atoms with E-state index in [0.29, 0.717) is 43.6 Å². The van der Waals surface area contributed by atoms with Gasteiger partial charge in [0.2, 0.25) is 5.91 Å². The van der Waals surface area contributed by atoms with E-state index in [9.17, 15) is 4.79 Å². The van der Waals surface area contributed by atoms with Crippen LogP contribution in [-0.2, 0) is 22.7 Å². The number of ether oxygens (including phenoxy) is 3. The molecule has 1 atom stereocenters. The Balaban J connectivity index is 1.56. The van der Waals surface area contributed by atoms with Crippen LogP contribution in [0, 0.1) is 0 Å². The minimum absolute atomic E-state index is 0.0556. The summed E-state index contributed by atoms with van der Waals surface area (Å²) >= 11 is 1.63. The first kappa shape index (κ1) is 22.2. The Hall–Kier alpha value is -2.96. The second-order valence-corrected chi connectivity index (χ2v) is 8.57. The van der Waals surface area contributed by atoms with Gasteiger partial charge in [-0.05, 0) is 28.8 Å². The van der Waals surface area contributed by atoms with Gasteiger partial charge in [-0.15, -0.1) is 11.8 Å². The van der Waals surface area contributed by atoms with Crippen molar-refractivity contribution in [3.8, 4) is 11.5 Å². The molecule has 4 rings (SSSR count). The fourth-order valence-corrected chi connectivity index (χ4v) is 4.75. The standard InChI is InChI=1S/C26H27NO4S/c1-29-15-14-27-25(28)19-32-26(27)22-12-13-23(30-17-20-8-4-2-5-9-20)24(16-22)31-18-21-10-6-3-7-11-21/h2-13,16,26H,14-15,17-19H2,1H3. The van der Waals surface area contributed by atoms with Gasteiger partial charge in [0.25, 0.3) is 0 Å². The SMILES string of the molecule is COCCN1C(=O)CSC1c1ccc(OCc2ccccc2)c(OCc2ccccc2)c1. The molecule has 3 aromatic carbocycles. The predicted octanol–water partition coefficient (Wildman–Crippen LogP) is 5.07. The lowest BCUT2D eigenvalue weighted by Crippen LogP contribution is -2.31. The highest BCUT2D eigenvalue weighted by Crippen LogP contribution is 2.41. The molecular weight excluding hydrogens is 422 g/mol. The van der Waals surface area contributed by atoms with Gasteiger partial charge in [0.15, 0.2) is 11.5 Å². The van der Waals surface area contributed by atoms with E-state index >= 15 is 0 Å². The number of methoxy groups -OCH3 is 1. The zero-order valence-corrected chi connectivity index (χ0v) is 18.9. The van der Waals surface area contributed by atoms with Crippen molar-refractivity contribution in [2.45, 2.75) is 18.6 Å². The van der Waals surface area contributed by atoms with Gasteiger partial charge in [-0.3, -0.25) is 4.79 Å². The number of carbonyl (C=O) groups excluding carboxylic acids is 1. The minimum Gasteiger partial charge on any atom is -0.485 e. The van der Waals surface area contributed by atoms with E-state index < -0.39 is 0 Å². The number of benzene rings is 3. The highest BCUT2D eigenvalue weighted by Gasteiger charge is 2.33. The van der Waals surface area contributed by atoms with Crippen LogP contribution < -0.4 is 9.47 Å². The molecule has 32 heavy (non-hydrogen) atoms. The summed E-state index contributed by atoms with van der Waals surface area (Å²) in [6, 6.07) is 26.1. The molecule has 1 heterocycles. The Kier molecular flexibility index (Phi) is 7.69. The molecule has 0 N–H and O–H groups in total. The summed E-state index contributed by atoms with van der Waals surface area (Å²) in [5.74, 6) is 1.97. The minimum atomic E-state index is -0.0556.